The molecule has 0 heterocycles. The van der Waals surface area contributed by atoms with Crippen molar-refractivity contribution in [2.45, 2.75) is 18.7 Å². The average molecular weight is 231 g/mol. The summed E-state index contributed by atoms with van der Waals surface area (Å²) in [5.41, 5.74) is 0. The van der Waals surface area contributed by atoms with Gasteiger partial charge in [-0.3, -0.25) is 0 Å². The van der Waals surface area contributed by atoms with Crippen molar-refractivity contribution in [2.24, 2.45) is 0 Å². The first-order valence-corrected chi connectivity index (χ1v) is 6.16. The van der Waals surface area contributed by atoms with Crippen LogP contribution in [0.25, 0.3) is 0 Å². The van der Waals surface area contributed by atoms with Crippen molar-refractivity contribution >= 4 is 10.0 Å². The zero-order valence-corrected chi connectivity index (χ0v) is 10.3. The van der Waals surface area contributed by atoms with Crippen LogP contribution in [-0.2, 0) is 10.0 Å². The van der Waals surface area contributed by atoms with Gasteiger partial charge in [0, 0.05) is 0 Å². The molecule has 5 heteroatoms. The number of sulfonamides is 1. The Balaban J connectivity index is 0.000000921. The van der Waals surface area contributed by atoms with Crippen molar-refractivity contribution in [1.29, 1.82) is 0 Å². The van der Waals surface area contributed by atoms with Crippen LogP contribution < -0.4 is 9.46 Å². The molecule has 1 aromatic carbocycles. The van der Waals surface area contributed by atoms with Gasteiger partial charge in [-0.2, -0.15) is 0 Å². The van der Waals surface area contributed by atoms with E-state index in [0.717, 1.165) is 0 Å². The van der Waals surface area contributed by atoms with E-state index in [-0.39, 0.29) is 4.90 Å². The number of hydrogen-bond donors (Lipinski definition) is 1. The van der Waals surface area contributed by atoms with Gasteiger partial charge < -0.3 is 4.74 Å². The third-order valence-electron chi connectivity index (χ3n) is 1.64. The van der Waals surface area contributed by atoms with E-state index < -0.39 is 10.0 Å². The predicted octanol–water partition coefficient (Wildman–Crippen LogP) is 1.63. The minimum absolute atomic E-state index is 0.232. The third kappa shape index (κ3) is 3.89. The molecule has 1 rings (SSSR count). The number of nitrogens with one attached hydrogen (secondary N) is 1. The first-order valence-electron chi connectivity index (χ1n) is 4.68. The summed E-state index contributed by atoms with van der Waals surface area (Å²) in [5.74, 6) is 0.634. The minimum Gasteiger partial charge on any atom is -0.497 e. The summed E-state index contributed by atoms with van der Waals surface area (Å²) in [6.07, 6.45) is 0. The molecule has 1 aromatic rings. The standard InChI is InChI=1S/C8H11NO3S.C2H6/c1-9-13(10,11)8-5-3-7(12-2)4-6-8;1-2/h3-6,9H,1-2H3;1-2H3. The van der Waals surface area contributed by atoms with Gasteiger partial charge in [0.1, 0.15) is 5.75 Å². The van der Waals surface area contributed by atoms with Crippen LogP contribution in [0.3, 0.4) is 0 Å². The van der Waals surface area contributed by atoms with Crippen LogP contribution in [-0.4, -0.2) is 22.6 Å². The van der Waals surface area contributed by atoms with Crippen LogP contribution in [0.2, 0.25) is 0 Å². The quantitative estimate of drug-likeness (QED) is 0.860. The zero-order chi connectivity index (χ0) is 11.9. The van der Waals surface area contributed by atoms with Crippen molar-refractivity contribution in [3.63, 3.8) is 0 Å². The molecule has 0 aliphatic carbocycles. The van der Waals surface area contributed by atoms with Crippen molar-refractivity contribution in [3.8, 4) is 5.75 Å². The molecule has 15 heavy (non-hydrogen) atoms. The van der Waals surface area contributed by atoms with Crippen LogP contribution in [0.15, 0.2) is 29.2 Å². The van der Waals surface area contributed by atoms with Crippen molar-refractivity contribution in [2.75, 3.05) is 14.2 Å². The van der Waals surface area contributed by atoms with Gasteiger partial charge in [-0.1, -0.05) is 13.8 Å². The molecule has 0 atom stereocenters. The average Bonchev–Trinajstić information content (AvgIpc) is 2.32. The molecule has 0 aromatic heterocycles. The fraction of sp³-hybridized carbons (Fsp3) is 0.400. The lowest BCUT2D eigenvalue weighted by Crippen LogP contribution is -2.18. The van der Waals surface area contributed by atoms with E-state index in [2.05, 4.69) is 4.72 Å². The van der Waals surface area contributed by atoms with Gasteiger partial charge >= 0.3 is 0 Å². The Morgan fingerprint density at radius 1 is 1.13 bits per heavy atom. The number of benzene rings is 1. The van der Waals surface area contributed by atoms with Gasteiger partial charge in [0.2, 0.25) is 10.0 Å². The summed E-state index contributed by atoms with van der Waals surface area (Å²) in [6.45, 7) is 4.00. The summed E-state index contributed by atoms with van der Waals surface area (Å²) in [6, 6.07) is 6.18. The smallest absolute Gasteiger partial charge is 0.240 e. The molecule has 0 spiro atoms. The lowest BCUT2D eigenvalue weighted by molar-refractivity contribution is 0.414. The molecule has 0 aliphatic rings. The number of ether oxygens (including phenoxy) is 1. The van der Waals surface area contributed by atoms with Crippen molar-refractivity contribution < 1.29 is 13.2 Å². The maximum atomic E-state index is 11.2. The van der Waals surface area contributed by atoms with Gasteiger partial charge in [-0.15, -0.1) is 0 Å². The lowest BCUT2D eigenvalue weighted by Gasteiger charge is -2.03. The molecule has 86 valence electrons. The van der Waals surface area contributed by atoms with E-state index in [0.29, 0.717) is 5.75 Å². The second-order valence-electron chi connectivity index (χ2n) is 2.38. The second-order valence-corrected chi connectivity index (χ2v) is 4.27. The first kappa shape index (κ1) is 13.9. The van der Waals surface area contributed by atoms with E-state index in [1.807, 2.05) is 13.8 Å². The van der Waals surface area contributed by atoms with Crippen LogP contribution in [0.4, 0.5) is 0 Å². The van der Waals surface area contributed by atoms with Gasteiger partial charge in [-0.25, -0.2) is 13.1 Å². The van der Waals surface area contributed by atoms with E-state index in [4.69, 9.17) is 4.74 Å². The van der Waals surface area contributed by atoms with E-state index in [1.165, 1.54) is 26.3 Å². The highest BCUT2D eigenvalue weighted by Crippen LogP contribution is 2.14. The zero-order valence-electron chi connectivity index (χ0n) is 9.44. The summed E-state index contributed by atoms with van der Waals surface area (Å²) in [5, 5.41) is 0. The molecule has 0 amide bonds. The predicted molar refractivity (Wildman–Crippen MR) is 60.6 cm³/mol. The molecule has 0 radical (unpaired) electrons. The summed E-state index contributed by atoms with van der Waals surface area (Å²) in [7, 11) is -0.425. The molecule has 0 unspecified atom stereocenters. The Hall–Kier alpha value is -1.07. The van der Waals surface area contributed by atoms with Crippen molar-refractivity contribution in [1.82, 2.24) is 4.72 Å². The van der Waals surface area contributed by atoms with Crippen LogP contribution >= 0.6 is 0 Å². The second kappa shape index (κ2) is 6.42. The summed E-state index contributed by atoms with van der Waals surface area (Å²) >= 11 is 0. The molecule has 0 fully saturated rings. The molecular formula is C10H17NO3S. The SMILES string of the molecule is CC.CNS(=O)(=O)c1ccc(OC)cc1. The lowest BCUT2D eigenvalue weighted by atomic mass is 10.3. The highest BCUT2D eigenvalue weighted by molar-refractivity contribution is 7.89. The van der Waals surface area contributed by atoms with Gasteiger partial charge in [0.25, 0.3) is 0 Å². The fourth-order valence-electron chi connectivity index (χ4n) is 0.873. The number of methoxy groups -OCH3 is 1. The molecule has 4 nitrogen and oxygen atoms in total. The van der Waals surface area contributed by atoms with E-state index in [9.17, 15) is 8.42 Å². The number of rotatable bonds is 3. The summed E-state index contributed by atoms with van der Waals surface area (Å²) < 4.78 is 29.6. The van der Waals surface area contributed by atoms with Gasteiger partial charge in [0.05, 0.1) is 12.0 Å². The fourth-order valence-corrected chi connectivity index (χ4v) is 1.60. The normalized spacial score (nSPS) is 10.1. The Morgan fingerprint density at radius 3 is 1.93 bits per heavy atom. The third-order valence-corrected chi connectivity index (χ3v) is 3.07. The van der Waals surface area contributed by atoms with Crippen molar-refractivity contribution in [3.05, 3.63) is 24.3 Å². The maximum absolute atomic E-state index is 11.2. The Morgan fingerprint density at radius 2 is 1.60 bits per heavy atom. The molecule has 0 saturated heterocycles. The van der Waals surface area contributed by atoms with Crippen LogP contribution in [0.5, 0.6) is 5.75 Å². The Bertz CT molecular complexity index is 370. The molecule has 0 aliphatic heterocycles. The highest BCUT2D eigenvalue weighted by Gasteiger charge is 2.09. The first-order chi connectivity index (χ1) is 7.10. The molecule has 0 bridgehead atoms. The topological polar surface area (TPSA) is 55.4 Å². The monoisotopic (exact) mass is 231 g/mol. The Kier molecular flexibility index (Phi) is 5.96. The van der Waals surface area contributed by atoms with Gasteiger partial charge in [0.15, 0.2) is 0 Å². The minimum atomic E-state index is -3.33. The van der Waals surface area contributed by atoms with Crippen LogP contribution in [0.1, 0.15) is 13.8 Å². The van der Waals surface area contributed by atoms with Gasteiger partial charge in [-0.05, 0) is 31.3 Å². The van der Waals surface area contributed by atoms with E-state index in [1.54, 1.807) is 12.1 Å². The molecular weight excluding hydrogens is 214 g/mol. The van der Waals surface area contributed by atoms with Crippen LogP contribution in [0, 0.1) is 0 Å². The summed E-state index contributed by atoms with van der Waals surface area (Å²) in [4.78, 5) is 0.232. The Labute approximate surface area is 91.3 Å². The van der Waals surface area contributed by atoms with E-state index >= 15 is 0 Å². The number of hydrogen-bond acceptors (Lipinski definition) is 3. The maximum Gasteiger partial charge on any atom is 0.240 e. The molecule has 0 saturated carbocycles. The largest absolute Gasteiger partial charge is 0.497 e. The highest BCUT2D eigenvalue weighted by atomic mass is 32.2. The molecule has 1 N–H and O–H groups in total.